The molecule has 0 aliphatic rings. The van der Waals surface area contributed by atoms with Crippen LogP contribution in [-0.4, -0.2) is 12.5 Å². The van der Waals surface area contributed by atoms with Crippen molar-refractivity contribution < 1.29 is 9.21 Å². The Hall–Kier alpha value is -1.94. The number of nitrogens with one attached hydrogen (secondary N) is 2. The van der Waals surface area contributed by atoms with Gasteiger partial charge in [-0.1, -0.05) is 17.7 Å². The molecule has 20 heavy (non-hydrogen) atoms. The summed E-state index contributed by atoms with van der Waals surface area (Å²) in [6.07, 6.45) is 1.59. The molecule has 2 rings (SSSR count). The topological polar surface area (TPSA) is 54.3 Å². The van der Waals surface area contributed by atoms with E-state index in [1.54, 1.807) is 18.4 Å². The Balaban J connectivity index is 1.84. The molecule has 4 nitrogen and oxygen atoms in total. The maximum atomic E-state index is 11.8. The number of aryl methyl sites for hydroxylation is 1. The summed E-state index contributed by atoms with van der Waals surface area (Å²) in [5, 5.41) is 6.57. The van der Waals surface area contributed by atoms with Crippen molar-refractivity contribution in [1.29, 1.82) is 0 Å². The molecular weight excluding hydrogens is 276 g/mol. The Morgan fingerprint density at radius 3 is 2.85 bits per heavy atom. The zero-order chi connectivity index (χ0) is 14.5. The first-order valence-electron chi connectivity index (χ1n) is 6.39. The predicted molar refractivity (Wildman–Crippen MR) is 79.9 cm³/mol. The number of hydrogen-bond donors (Lipinski definition) is 2. The molecule has 2 N–H and O–H groups in total. The lowest BCUT2D eigenvalue weighted by Crippen LogP contribution is -2.31. The van der Waals surface area contributed by atoms with Crippen LogP contribution in [0.25, 0.3) is 0 Å². The van der Waals surface area contributed by atoms with Crippen molar-refractivity contribution in [2.75, 3.05) is 11.9 Å². The fourth-order valence-electron chi connectivity index (χ4n) is 1.79. The number of hydrogen-bond acceptors (Lipinski definition) is 3. The number of amides is 1. The average Bonchev–Trinajstić information content (AvgIpc) is 2.94. The summed E-state index contributed by atoms with van der Waals surface area (Å²) in [6.45, 7) is 3.99. The average molecular weight is 293 g/mol. The Morgan fingerprint density at radius 1 is 1.40 bits per heavy atom. The van der Waals surface area contributed by atoms with E-state index in [2.05, 4.69) is 10.6 Å². The van der Waals surface area contributed by atoms with E-state index in [9.17, 15) is 4.79 Å². The van der Waals surface area contributed by atoms with Crippen LogP contribution in [0.1, 0.15) is 24.3 Å². The molecule has 2 aromatic rings. The first-order valence-corrected chi connectivity index (χ1v) is 6.77. The smallest absolute Gasteiger partial charge is 0.239 e. The van der Waals surface area contributed by atoms with E-state index in [4.69, 9.17) is 16.0 Å². The number of halogens is 1. The van der Waals surface area contributed by atoms with Gasteiger partial charge in [0, 0.05) is 10.7 Å². The molecule has 0 saturated carbocycles. The van der Waals surface area contributed by atoms with E-state index < -0.39 is 0 Å². The van der Waals surface area contributed by atoms with Crippen molar-refractivity contribution in [3.63, 3.8) is 0 Å². The zero-order valence-electron chi connectivity index (χ0n) is 11.4. The minimum Gasteiger partial charge on any atom is -0.467 e. The van der Waals surface area contributed by atoms with Crippen LogP contribution in [0.3, 0.4) is 0 Å². The molecule has 1 aromatic carbocycles. The van der Waals surface area contributed by atoms with Crippen molar-refractivity contribution in [2.24, 2.45) is 0 Å². The van der Waals surface area contributed by atoms with Gasteiger partial charge >= 0.3 is 0 Å². The number of carbonyl (C=O) groups is 1. The molecule has 1 aromatic heterocycles. The minimum atomic E-state index is -0.152. The Bertz CT molecular complexity index is 582. The molecule has 1 atom stereocenters. The van der Waals surface area contributed by atoms with E-state index >= 15 is 0 Å². The van der Waals surface area contributed by atoms with Crippen molar-refractivity contribution in [2.45, 2.75) is 19.9 Å². The molecule has 0 aliphatic heterocycles. The summed E-state index contributed by atoms with van der Waals surface area (Å²) in [6, 6.07) is 9.09. The van der Waals surface area contributed by atoms with Crippen LogP contribution in [0.2, 0.25) is 5.02 Å². The van der Waals surface area contributed by atoms with Gasteiger partial charge in [-0.3, -0.25) is 4.79 Å². The standard InChI is InChI=1S/C15H17ClN2O2/c1-10-5-6-12(8-13(10)16)17-9-15(19)18-11(2)14-4-3-7-20-14/h3-8,11,17H,9H2,1-2H3,(H,18,19). The summed E-state index contributed by atoms with van der Waals surface area (Å²) in [5.41, 5.74) is 1.83. The van der Waals surface area contributed by atoms with E-state index in [1.807, 2.05) is 32.0 Å². The molecular formula is C15H17ClN2O2. The lowest BCUT2D eigenvalue weighted by Gasteiger charge is -2.12. The van der Waals surface area contributed by atoms with Crippen molar-refractivity contribution in [1.82, 2.24) is 5.32 Å². The zero-order valence-corrected chi connectivity index (χ0v) is 12.2. The van der Waals surface area contributed by atoms with Gasteiger partial charge in [-0.05, 0) is 43.7 Å². The summed E-state index contributed by atoms with van der Waals surface area (Å²) in [5.74, 6) is 0.627. The highest BCUT2D eigenvalue weighted by Crippen LogP contribution is 2.19. The van der Waals surface area contributed by atoms with Crippen LogP contribution >= 0.6 is 11.6 Å². The van der Waals surface area contributed by atoms with Crippen LogP contribution in [0.5, 0.6) is 0 Å². The van der Waals surface area contributed by atoms with Crippen LogP contribution < -0.4 is 10.6 Å². The van der Waals surface area contributed by atoms with E-state index in [0.29, 0.717) is 5.02 Å². The Labute approximate surface area is 123 Å². The molecule has 0 bridgehead atoms. The second kappa shape index (κ2) is 6.48. The molecule has 0 saturated heterocycles. The molecule has 5 heteroatoms. The van der Waals surface area contributed by atoms with Crippen LogP contribution in [0, 0.1) is 6.92 Å². The molecule has 0 fully saturated rings. The number of anilines is 1. The molecule has 1 heterocycles. The van der Waals surface area contributed by atoms with Crippen LogP contribution in [-0.2, 0) is 4.79 Å². The highest BCUT2D eigenvalue weighted by Gasteiger charge is 2.11. The van der Waals surface area contributed by atoms with Crippen LogP contribution in [0.15, 0.2) is 41.0 Å². The van der Waals surface area contributed by atoms with Crippen LogP contribution in [0.4, 0.5) is 5.69 Å². The van der Waals surface area contributed by atoms with Gasteiger partial charge in [0.15, 0.2) is 0 Å². The van der Waals surface area contributed by atoms with Gasteiger partial charge in [0.25, 0.3) is 0 Å². The largest absolute Gasteiger partial charge is 0.467 e. The third-order valence-electron chi connectivity index (χ3n) is 2.97. The van der Waals surface area contributed by atoms with Crippen molar-refractivity contribution in [3.8, 4) is 0 Å². The highest BCUT2D eigenvalue weighted by atomic mass is 35.5. The molecule has 0 spiro atoms. The first kappa shape index (κ1) is 14.5. The van der Waals surface area contributed by atoms with E-state index in [-0.39, 0.29) is 18.5 Å². The first-order chi connectivity index (χ1) is 9.56. The predicted octanol–water partition coefficient (Wildman–Crippen LogP) is 3.53. The summed E-state index contributed by atoms with van der Waals surface area (Å²) in [4.78, 5) is 11.8. The molecule has 1 amide bonds. The summed E-state index contributed by atoms with van der Waals surface area (Å²) < 4.78 is 5.24. The van der Waals surface area contributed by atoms with Gasteiger partial charge in [-0.2, -0.15) is 0 Å². The summed E-state index contributed by atoms with van der Waals surface area (Å²) in [7, 11) is 0. The normalized spacial score (nSPS) is 11.9. The Kier molecular flexibility index (Phi) is 4.69. The fraction of sp³-hybridized carbons (Fsp3) is 0.267. The van der Waals surface area contributed by atoms with Gasteiger partial charge < -0.3 is 15.1 Å². The van der Waals surface area contributed by atoms with Gasteiger partial charge in [0.2, 0.25) is 5.91 Å². The quantitative estimate of drug-likeness (QED) is 0.886. The van der Waals surface area contributed by atoms with Crippen molar-refractivity contribution >= 4 is 23.2 Å². The number of rotatable bonds is 5. The lowest BCUT2D eigenvalue weighted by atomic mass is 10.2. The number of carbonyl (C=O) groups excluding carboxylic acids is 1. The Morgan fingerprint density at radius 2 is 2.20 bits per heavy atom. The third-order valence-corrected chi connectivity index (χ3v) is 3.38. The van der Waals surface area contributed by atoms with Gasteiger partial charge in [0.1, 0.15) is 5.76 Å². The minimum absolute atomic E-state index is 0.106. The molecule has 106 valence electrons. The maximum absolute atomic E-state index is 11.8. The molecule has 1 unspecified atom stereocenters. The van der Waals surface area contributed by atoms with E-state index in [1.165, 1.54) is 0 Å². The second-order valence-corrected chi connectivity index (χ2v) is 5.03. The SMILES string of the molecule is Cc1ccc(NCC(=O)NC(C)c2ccco2)cc1Cl. The lowest BCUT2D eigenvalue weighted by molar-refractivity contribution is -0.120. The number of benzene rings is 1. The van der Waals surface area contributed by atoms with E-state index in [0.717, 1.165) is 17.0 Å². The summed E-state index contributed by atoms with van der Waals surface area (Å²) >= 11 is 6.03. The van der Waals surface area contributed by atoms with Gasteiger partial charge in [0.05, 0.1) is 18.8 Å². The highest BCUT2D eigenvalue weighted by molar-refractivity contribution is 6.31. The monoisotopic (exact) mass is 292 g/mol. The molecule has 0 aliphatic carbocycles. The fourth-order valence-corrected chi connectivity index (χ4v) is 1.97. The molecule has 0 radical (unpaired) electrons. The maximum Gasteiger partial charge on any atom is 0.239 e. The van der Waals surface area contributed by atoms with Crippen molar-refractivity contribution in [3.05, 3.63) is 52.9 Å². The van der Waals surface area contributed by atoms with Gasteiger partial charge in [-0.25, -0.2) is 0 Å². The van der Waals surface area contributed by atoms with Gasteiger partial charge in [-0.15, -0.1) is 0 Å². The second-order valence-electron chi connectivity index (χ2n) is 4.62. The number of furan rings is 1. The third kappa shape index (κ3) is 3.78.